The van der Waals surface area contributed by atoms with Crippen molar-refractivity contribution in [1.82, 2.24) is 5.16 Å². The van der Waals surface area contributed by atoms with Gasteiger partial charge in [0.1, 0.15) is 22.0 Å². The molecule has 0 aliphatic rings. The van der Waals surface area contributed by atoms with E-state index in [4.69, 9.17) is 20.9 Å². The van der Waals surface area contributed by atoms with Crippen molar-refractivity contribution in [2.24, 2.45) is 0 Å². The maximum Gasteiger partial charge on any atom is 0.265 e. The molecule has 1 heterocycles. The van der Waals surface area contributed by atoms with Crippen molar-refractivity contribution in [3.63, 3.8) is 0 Å². The van der Waals surface area contributed by atoms with Gasteiger partial charge >= 0.3 is 0 Å². The van der Waals surface area contributed by atoms with E-state index in [2.05, 4.69) is 15.2 Å². The Balaban J connectivity index is 1.94. The monoisotopic (exact) mass is 475 g/mol. The number of ether oxygens (including phenoxy) is 1. The number of carbonyl (C=O) groups excluding carboxylic acids is 1. The van der Waals surface area contributed by atoms with Crippen LogP contribution in [0.5, 0.6) is 5.75 Å². The van der Waals surface area contributed by atoms with Crippen LogP contribution in [-0.4, -0.2) is 26.6 Å². The first-order valence-electron chi connectivity index (χ1n) is 9.49. The molecule has 8 nitrogen and oxygen atoms in total. The fraction of sp³-hybridized carbons (Fsp3) is 0.182. The third-order valence-corrected chi connectivity index (χ3v) is 6.33. The molecule has 2 N–H and O–H groups in total. The van der Waals surface area contributed by atoms with Gasteiger partial charge in [-0.2, -0.15) is 0 Å². The number of hydrogen-bond donors (Lipinski definition) is 2. The fourth-order valence-corrected chi connectivity index (χ4v) is 4.31. The van der Waals surface area contributed by atoms with Gasteiger partial charge in [-0.25, -0.2) is 8.42 Å². The van der Waals surface area contributed by atoms with Gasteiger partial charge in [-0.3, -0.25) is 9.52 Å². The Hall–Kier alpha value is -3.30. The van der Waals surface area contributed by atoms with E-state index in [-0.39, 0.29) is 16.6 Å². The van der Waals surface area contributed by atoms with Crippen molar-refractivity contribution in [1.29, 1.82) is 0 Å². The van der Waals surface area contributed by atoms with Crippen LogP contribution in [0.4, 0.5) is 11.4 Å². The van der Waals surface area contributed by atoms with Crippen molar-refractivity contribution in [3.05, 3.63) is 64.0 Å². The predicted molar refractivity (Wildman–Crippen MR) is 124 cm³/mol. The summed E-state index contributed by atoms with van der Waals surface area (Å²) in [5.41, 5.74) is 2.71. The summed E-state index contributed by atoms with van der Waals surface area (Å²) in [7, 11) is -2.58. The first-order valence-corrected chi connectivity index (χ1v) is 11.4. The average Bonchev–Trinajstić information content (AvgIpc) is 3.07. The lowest BCUT2D eigenvalue weighted by Crippen LogP contribution is -2.14. The van der Waals surface area contributed by atoms with Crippen LogP contribution in [0.2, 0.25) is 5.02 Å². The lowest BCUT2D eigenvalue weighted by Gasteiger charge is -2.13. The number of halogens is 1. The minimum atomic E-state index is -3.97. The summed E-state index contributed by atoms with van der Waals surface area (Å²) in [4.78, 5) is 11.4. The van der Waals surface area contributed by atoms with E-state index in [9.17, 15) is 13.2 Å². The summed E-state index contributed by atoms with van der Waals surface area (Å²) < 4.78 is 39.1. The number of aryl methyl sites for hydroxylation is 2. The highest BCUT2D eigenvalue weighted by Gasteiger charge is 2.20. The molecule has 0 radical (unpaired) electrons. The highest BCUT2D eigenvalue weighted by atomic mass is 35.5. The number of methoxy groups -OCH3 is 1. The van der Waals surface area contributed by atoms with Crippen LogP contribution in [0.3, 0.4) is 0 Å². The quantitative estimate of drug-likeness (QED) is 0.503. The summed E-state index contributed by atoms with van der Waals surface area (Å²) in [5, 5.41) is 6.96. The summed E-state index contributed by atoms with van der Waals surface area (Å²) in [5.74, 6) is 0.263. The number of aromatic nitrogens is 1. The molecule has 1 amide bonds. The maximum absolute atomic E-state index is 13.0. The number of carbonyl (C=O) groups is 1. The first kappa shape index (κ1) is 23.4. The van der Waals surface area contributed by atoms with Gasteiger partial charge in [-0.1, -0.05) is 35.0 Å². The Morgan fingerprint density at radius 1 is 1.16 bits per heavy atom. The number of amides is 1. The molecule has 3 aromatic rings. The van der Waals surface area contributed by atoms with Gasteiger partial charge in [0.2, 0.25) is 5.91 Å². The van der Waals surface area contributed by atoms with Crippen LogP contribution in [0, 0.1) is 13.8 Å². The van der Waals surface area contributed by atoms with Gasteiger partial charge < -0.3 is 14.6 Å². The molecule has 0 aliphatic carbocycles. The third-order valence-electron chi connectivity index (χ3n) is 4.52. The van der Waals surface area contributed by atoms with Gasteiger partial charge in [0.25, 0.3) is 10.0 Å². The Morgan fingerprint density at radius 2 is 1.91 bits per heavy atom. The van der Waals surface area contributed by atoms with Gasteiger partial charge in [-0.05, 0) is 55.3 Å². The smallest absolute Gasteiger partial charge is 0.265 e. The summed E-state index contributed by atoms with van der Waals surface area (Å²) in [6.07, 6.45) is 3.24. The molecule has 1 aromatic heterocycles. The van der Waals surface area contributed by atoms with Gasteiger partial charge in [0, 0.05) is 11.9 Å². The normalized spacial score (nSPS) is 11.5. The second kappa shape index (κ2) is 9.46. The van der Waals surface area contributed by atoms with E-state index in [0.29, 0.717) is 33.4 Å². The number of sulfonamides is 1. The first-order chi connectivity index (χ1) is 15.1. The van der Waals surface area contributed by atoms with Crippen molar-refractivity contribution in [2.45, 2.75) is 25.7 Å². The molecular formula is C22H22ClN3O5S. The van der Waals surface area contributed by atoms with Gasteiger partial charge in [-0.15, -0.1) is 0 Å². The number of hydrogen-bond acceptors (Lipinski definition) is 6. The Labute approximate surface area is 191 Å². The van der Waals surface area contributed by atoms with Crippen LogP contribution in [0.15, 0.2) is 45.8 Å². The molecule has 0 bridgehead atoms. The highest BCUT2D eigenvalue weighted by molar-refractivity contribution is 7.92. The molecule has 0 saturated heterocycles. The minimum absolute atomic E-state index is 0.0466. The number of rotatable bonds is 7. The largest absolute Gasteiger partial charge is 0.495 e. The van der Waals surface area contributed by atoms with E-state index in [0.717, 1.165) is 5.56 Å². The predicted octanol–water partition coefficient (Wildman–Crippen LogP) is 4.88. The standard InChI is InChI=1S/C22H22ClN3O5S/c1-13-5-8-17(12-18(13)23)26-32(28,29)21-11-16(6-9-19(21)30-4)7-10-20-22(24-15(3)27)14(2)25-31-20/h5-12,26H,1-4H3,(H,24,27)/b10-7-. The Morgan fingerprint density at radius 3 is 2.56 bits per heavy atom. The maximum atomic E-state index is 13.0. The van der Waals surface area contributed by atoms with Crippen molar-refractivity contribution >= 4 is 51.1 Å². The fourth-order valence-electron chi connectivity index (χ4n) is 2.87. The van der Waals surface area contributed by atoms with Gasteiger partial charge in [0.15, 0.2) is 5.76 Å². The second-order valence-corrected chi connectivity index (χ2v) is 9.06. The summed E-state index contributed by atoms with van der Waals surface area (Å²) >= 11 is 6.11. The molecule has 168 valence electrons. The average molecular weight is 476 g/mol. The number of nitrogens with one attached hydrogen (secondary N) is 2. The third kappa shape index (κ3) is 5.30. The molecule has 0 spiro atoms. The topological polar surface area (TPSA) is 111 Å². The molecule has 2 aromatic carbocycles. The molecule has 0 atom stereocenters. The van der Waals surface area contributed by atoms with Crippen LogP contribution in [0.1, 0.15) is 29.5 Å². The number of nitrogens with zero attached hydrogens (tertiary/aromatic N) is 1. The molecule has 0 saturated carbocycles. The molecule has 3 rings (SSSR count). The molecule has 32 heavy (non-hydrogen) atoms. The lowest BCUT2D eigenvalue weighted by molar-refractivity contribution is -0.114. The molecular weight excluding hydrogens is 454 g/mol. The minimum Gasteiger partial charge on any atom is -0.495 e. The van der Waals surface area contributed by atoms with E-state index in [1.807, 2.05) is 6.92 Å². The van der Waals surface area contributed by atoms with Crippen molar-refractivity contribution < 1.29 is 22.5 Å². The second-order valence-electron chi connectivity index (χ2n) is 7.00. The number of anilines is 2. The van der Waals surface area contributed by atoms with Gasteiger partial charge in [0.05, 0.1) is 12.8 Å². The molecule has 0 fully saturated rings. The Kier molecular flexibility index (Phi) is 6.90. The highest BCUT2D eigenvalue weighted by Crippen LogP contribution is 2.29. The van der Waals surface area contributed by atoms with E-state index >= 15 is 0 Å². The van der Waals surface area contributed by atoms with E-state index in [1.54, 1.807) is 49.4 Å². The zero-order chi connectivity index (χ0) is 23.5. The van der Waals surface area contributed by atoms with Crippen molar-refractivity contribution in [2.75, 3.05) is 17.1 Å². The van der Waals surface area contributed by atoms with E-state index in [1.165, 1.54) is 20.1 Å². The zero-order valence-corrected chi connectivity index (χ0v) is 19.5. The summed E-state index contributed by atoms with van der Waals surface area (Å²) in [6.45, 7) is 4.91. The lowest BCUT2D eigenvalue weighted by atomic mass is 10.2. The Bertz CT molecular complexity index is 1300. The van der Waals surface area contributed by atoms with E-state index < -0.39 is 10.0 Å². The molecule has 0 aliphatic heterocycles. The van der Waals surface area contributed by atoms with Crippen LogP contribution in [0.25, 0.3) is 12.2 Å². The molecule has 0 unspecified atom stereocenters. The van der Waals surface area contributed by atoms with Crippen LogP contribution in [-0.2, 0) is 14.8 Å². The van der Waals surface area contributed by atoms with Crippen molar-refractivity contribution in [3.8, 4) is 5.75 Å². The van der Waals surface area contributed by atoms with Crippen LogP contribution >= 0.6 is 11.6 Å². The van der Waals surface area contributed by atoms with Crippen LogP contribution < -0.4 is 14.8 Å². The SMILES string of the molecule is COc1ccc(/C=C\c2onc(C)c2NC(C)=O)cc1S(=O)(=O)Nc1ccc(C)c(Cl)c1. The zero-order valence-electron chi connectivity index (χ0n) is 17.9. The number of benzene rings is 2. The molecule has 10 heteroatoms. The summed E-state index contributed by atoms with van der Waals surface area (Å²) in [6, 6.07) is 9.61.